The fraction of sp³-hybridized carbons (Fsp3) is 0.125. The summed E-state index contributed by atoms with van der Waals surface area (Å²) in [5.41, 5.74) is 7.79. The Bertz CT molecular complexity index is 703. The van der Waals surface area contributed by atoms with Gasteiger partial charge in [0.05, 0.1) is 22.7 Å². The molecular weight excluding hydrogens is 268 g/mol. The number of fused-ring (bicyclic) bond motifs is 1. The molecule has 0 aliphatic heterocycles. The van der Waals surface area contributed by atoms with E-state index >= 15 is 0 Å². The van der Waals surface area contributed by atoms with E-state index in [9.17, 15) is 4.79 Å². The molecule has 1 aromatic heterocycles. The predicted octanol–water partition coefficient (Wildman–Crippen LogP) is 3.11. The molecular formula is C16H14N2OS. The van der Waals surface area contributed by atoms with E-state index in [4.69, 9.17) is 5.73 Å². The van der Waals surface area contributed by atoms with Crippen molar-refractivity contribution in [1.29, 1.82) is 0 Å². The Hall–Kier alpha value is -2.04. The first-order chi connectivity index (χ1) is 9.74. The van der Waals surface area contributed by atoms with Crippen LogP contribution >= 0.6 is 11.3 Å². The SMILES string of the molecule is N[C@@H](C(=O)Cc1nc2ccccc2s1)c1ccccc1. The van der Waals surface area contributed by atoms with Crippen LogP contribution in [0.3, 0.4) is 0 Å². The minimum absolute atomic E-state index is 0.00439. The molecule has 3 aromatic rings. The first kappa shape index (κ1) is 13.0. The van der Waals surface area contributed by atoms with Crippen LogP contribution in [-0.4, -0.2) is 10.8 Å². The summed E-state index contributed by atoms with van der Waals surface area (Å²) in [5.74, 6) is -0.00439. The minimum atomic E-state index is -0.580. The van der Waals surface area contributed by atoms with Gasteiger partial charge in [0.1, 0.15) is 5.01 Å². The third kappa shape index (κ3) is 2.61. The standard InChI is InChI=1S/C16H14N2OS/c17-16(11-6-2-1-3-7-11)13(19)10-15-18-12-8-4-5-9-14(12)20-15/h1-9,16H,10,17H2/t16-/m1/s1. The summed E-state index contributed by atoms with van der Waals surface area (Å²) >= 11 is 1.55. The first-order valence-electron chi connectivity index (χ1n) is 6.42. The lowest BCUT2D eigenvalue weighted by Crippen LogP contribution is -2.22. The maximum Gasteiger partial charge on any atom is 0.160 e. The highest BCUT2D eigenvalue weighted by atomic mass is 32.1. The number of nitrogens with zero attached hydrogens (tertiary/aromatic N) is 1. The normalized spacial score (nSPS) is 12.4. The van der Waals surface area contributed by atoms with E-state index in [0.717, 1.165) is 20.8 Å². The number of carbonyl (C=O) groups excluding carboxylic acids is 1. The Morgan fingerprint density at radius 3 is 2.55 bits per heavy atom. The Kier molecular flexibility index (Phi) is 3.58. The minimum Gasteiger partial charge on any atom is -0.318 e. The number of ketones is 1. The van der Waals surface area contributed by atoms with Crippen molar-refractivity contribution >= 4 is 27.3 Å². The number of aromatic nitrogens is 1. The molecule has 0 aliphatic rings. The van der Waals surface area contributed by atoms with Crippen LogP contribution in [0, 0.1) is 0 Å². The fourth-order valence-corrected chi connectivity index (χ4v) is 3.08. The Labute approximate surface area is 121 Å². The average molecular weight is 282 g/mol. The number of nitrogens with two attached hydrogens (primary N) is 1. The summed E-state index contributed by atoms with van der Waals surface area (Å²) < 4.78 is 1.10. The highest BCUT2D eigenvalue weighted by Crippen LogP contribution is 2.23. The number of hydrogen-bond acceptors (Lipinski definition) is 4. The molecule has 0 radical (unpaired) electrons. The number of thiazole rings is 1. The van der Waals surface area contributed by atoms with Gasteiger partial charge in [-0.1, -0.05) is 42.5 Å². The van der Waals surface area contributed by atoms with Gasteiger partial charge in [0.25, 0.3) is 0 Å². The molecule has 1 atom stereocenters. The second kappa shape index (κ2) is 5.53. The summed E-state index contributed by atoms with van der Waals surface area (Å²) in [7, 11) is 0. The number of Topliss-reactive ketones (excluding diaryl/α,β-unsaturated/α-hetero) is 1. The molecule has 0 amide bonds. The number of rotatable bonds is 4. The molecule has 0 saturated heterocycles. The van der Waals surface area contributed by atoms with Crippen LogP contribution in [-0.2, 0) is 11.2 Å². The fourth-order valence-electron chi connectivity index (χ4n) is 2.10. The Morgan fingerprint density at radius 1 is 1.10 bits per heavy atom. The van der Waals surface area contributed by atoms with Crippen molar-refractivity contribution < 1.29 is 4.79 Å². The van der Waals surface area contributed by atoms with Crippen LogP contribution < -0.4 is 5.73 Å². The van der Waals surface area contributed by atoms with Crippen molar-refractivity contribution in [3.63, 3.8) is 0 Å². The maximum absolute atomic E-state index is 12.2. The van der Waals surface area contributed by atoms with Crippen LogP contribution in [0.15, 0.2) is 54.6 Å². The van der Waals surface area contributed by atoms with E-state index in [1.807, 2.05) is 54.6 Å². The van der Waals surface area contributed by atoms with Gasteiger partial charge in [-0.2, -0.15) is 0 Å². The maximum atomic E-state index is 12.2. The van der Waals surface area contributed by atoms with Gasteiger partial charge in [0.15, 0.2) is 5.78 Å². The summed E-state index contributed by atoms with van der Waals surface area (Å²) in [6, 6.07) is 16.7. The molecule has 100 valence electrons. The predicted molar refractivity (Wildman–Crippen MR) is 81.7 cm³/mol. The van der Waals surface area contributed by atoms with E-state index < -0.39 is 6.04 Å². The second-order valence-electron chi connectivity index (χ2n) is 4.61. The topological polar surface area (TPSA) is 56.0 Å². The van der Waals surface area contributed by atoms with Gasteiger partial charge in [0.2, 0.25) is 0 Å². The smallest absolute Gasteiger partial charge is 0.160 e. The van der Waals surface area contributed by atoms with E-state index in [-0.39, 0.29) is 12.2 Å². The van der Waals surface area contributed by atoms with Crippen LogP contribution in [0.5, 0.6) is 0 Å². The van der Waals surface area contributed by atoms with Crippen molar-refractivity contribution in [2.75, 3.05) is 0 Å². The van der Waals surface area contributed by atoms with Gasteiger partial charge in [-0.05, 0) is 17.7 Å². The Balaban J connectivity index is 1.78. The molecule has 1 heterocycles. The molecule has 2 N–H and O–H groups in total. The molecule has 4 heteroatoms. The van der Waals surface area contributed by atoms with E-state index in [0.29, 0.717) is 0 Å². The molecule has 0 unspecified atom stereocenters. The monoisotopic (exact) mass is 282 g/mol. The van der Waals surface area contributed by atoms with Gasteiger partial charge in [0, 0.05) is 0 Å². The molecule has 20 heavy (non-hydrogen) atoms. The average Bonchev–Trinajstić information content (AvgIpc) is 2.89. The molecule has 3 rings (SSSR count). The number of carbonyl (C=O) groups is 1. The van der Waals surface area contributed by atoms with Gasteiger partial charge in [-0.3, -0.25) is 4.79 Å². The van der Waals surface area contributed by atoms with Gasteiger partial charge in [-0.15, -0.1) is 11.3 Å². The molecule has 3 nitrogen and oxygen atoms in total. The second-order valence-corrected chi connectivity index (χ2v) is 5.72. The van der Waals surface area contributed by atoms with Gasteiger partial charge >= 0.3 is 0 Å². The van der Waals surface area contributed by atoms with Crippen molar-refractivity contribution in [2.24, 2.45) is 5.73 Å². The number of hydrogen-bond donors (Lipinski definition) is 1. The van der Waals surface area contributed by atoms with Gasteiger partial charge in [-0.25, -0.2) is 4.98 Å². The summed E-state index contributed by atoms with van der Waals surface area (Å²) in [6.07, 6.45) is 0.287. The molecule has 0 bridgehead atoms. The van der Waals surface area contributed by atoms with Gasteiger partial charge < -0.3 is 5.73 Å². The number of benzene rings is 2. The van der Waals surface area contributed by atoms with E-state index in [2.05, 4.69) is 4.98 Å². The summed E-state index contributed by atoms with van der Waals surface area (Å²) in [5, 5.41) is 0.822. The molecule has 0 fully saturated rings. The zero-order chi connectivity index (χ0) is 13.9. The molecule has 0 saturated carbocycles. The third-order valence-electron chi connectivity index (χ3n) is 3.17. The lowest BCUT2D eigenvalue weighted by molar-refractivity contribution is -0.119. The van der Waals surface area contributed by atoms with Crippen molar-refractivity contribution in [3.05, 3.63) is 65.2 Å². The molecule has 0 aliphatic carbocycles. The summed E-state index contributed by atoms with van der Waals surface area (Å²) in [6.45, 7) is 0. The van der Waals surface area contributed by atoms with Crippen molar-refractivity contribution in [1.82, 2.24) is 4.98 Å². The third-order valence-corrected chi connectivity index (χ3v) is 4.21. The molecule has 0 spiro atoms. The zero-order valence-electron chi connectivity index (χ0n) is 10.8. The molecule has 2 aromatic carbocycles. The Morgan fingerprint density at radius 2 is 1.80 bits per heavy atom. The van der Waals surface area contributed by atoms with Crippen molar-refractivity contribution in [2.45, 2.75) is 12.5 Å². The summed E-state index contributed by atoms with van der Waals surface area (Å²) in [4.78, 5) is 16.7. The van der Waals surface area contributed by atoms with Crippen LogP contribution in [0.4, 0.5) is 0 Å². The van der Waals surface area contributed by atoms with Crippen LogP contribution in [0.2, 0.25) is 0 Å². The van der Waals surface area contributed by atoms with E-state index in [1.165, 1.54) is 0 Å². The lowest BCUT2D eigenvalue weighted by Gasteiger charge is -2.09. The largest absolute Gasteiger partial charge is 0.318 e. The first-order valence-corrected chi connectivity index (χ1v) is 7.23. The van der Waals surface area contributed by atoms with Crippen LogP contribution in [0.25, 0.3) is 10.2 Å². The van der Waals surface area contributed by atoms with E-state index in [1.54, 1.807) is 11.3 Å². The lowest BCUT2D eigenvalue weighted by atomic mass is 10.0. The highest BCUT2D eigenvalue weighted by molar-refractivity contribution is 7.18. The van der Waals surface area contributed by atoms with Crippen molar-refractivity contribution in [3.8, 4) is 0 Å². The van der Waals surface area contributed by atoms with Crippen LogP contribution in [0.1, 0.15) is 16.6 Å². The highest BCUT2D eigenvalue weighted by Gasteiger charge is 2.17. The zero-order valence-corrected chi connectivity index (χ0v) is 11.6. The number of para-hydroxylation sites is 1. The quantitative estimate of drug-likeness (QED) is 0.800.